The highest BCUT2D eigenvalue weighted by Gasteiger charge is 2.63. The number of nitrogens with zero attached hydrogens (tertiary/aromatic N) is 2. The van der Waals surface area contributed by atoms with Crippen molar-refractivity contribution in [3.63, 3.8) is 0 Å². The van der Waals surface area contributed by atoms with Gasteiger partial charge < -0.3 is 20.5 Å². The van der Waals surface area contributed by atoms with Gasteiger partial charge in [0.25, 0.3) is 0 Å². The Kier molecular flexibility index (Phi) is 2.59. The highest BCUT2D eigenvalue weighted by molar-refractivity contribution is 5.79. The van der Waals surface area contributed by atoms with Crippen molar-refractivity contribution in [3.8, 4) is 0 Å². The molecule has 0 radical (unpaired) electrons. The van der Waals surface area contributed by atoms with Crippen LogP contribution < -0.4 is 5.73 Å². The molecule has 1 aromatic heterocycles. The zero-order valence-corrected chi connectivity index (χ0v) is 7.99. The van der Waals surface area contributed by atoms with Crippen LogP contribution in [0.2, 0.25) is 0 Å². The topological polar surface area (TPSA) is 101 Å². The molecule has 4 N–H and O–H groups in total. The normalized spacial score (nSPS) is 15.8. The molecule has 16 heavy (non-hydrogen) atoms. The van der Waals surface area contributed by atoms with Gasteiger partial charge in [0.05, 0.1) is 11.9 Å². The van der Waals surface area contributed by atoms with E-state index in [0.29, 0.717) is 10.8 Å². The average molecular weight is 239 g/mol. The second-order valence-corrected chi connectivity index (χ2v) is 3.07. The van der Waals surface area contributed by atoms with Crippen LogP contribution in [0.5, 0.6) is 0 Å². The van der Waals surface area contributed by atoms with Crippen LogP contribution in [0, 0.1) is 0 Å². The summed E-state index contributed by atoms with van der Waals surface area (Å²) in [5, 5.41) is 17.8. The highest BCUT2D eigenvalue weighted by atomic mass is 19.4. The standard InChI is InChI=1S/C7H8F3N3O3/c1-13-3(2-12-5(13)11)6(16,4(14)15)7(8,9)10/h2,16H,1H3,(H2,11,12)(H,14,15). The van der Waals surface area contributed by atoms with Gasteiger partial charge in [-0.25, -0.2) is 9.78 Å². The number of aliphatic carboxylic acids is 1. The minimum absolute atomic E-state index is 0.334. The predicted octanol–water partition coefficient (Wildman–Crippen LogP) is -0.163. The van der Waals surface area contributed by atoms with E-state index in [4.69, 9.17) is 10.8 Å². The number of nitrogen functional groups attached to an aromatic ring is 1. The lowest BCUT2D eigenvalue weighted by molar-refractivity contribution is -0.267. The Morgan fingerprint density at radius 3 is 2.31 bits per heavy atom. The number of carboxylic acids is 1. The van der Waals surface area contributed by atoms with Crippen molar-refractivity contribution >= 4 is 11.9 Å². The molecular formula is C7H8F3N3O3. The van der Waals surface area contributed by atoms with Gasteiger partial charge in [-0.3, -0.25) is 0 Å². The van der Waals surface area contributed by atoms with Crippen molar-refractivity contribution in [2.24, 2.45) is 7.05 Å². The lowest BCUT2D eigenvalue weighted by Crippen LogP contribution is -2.50. The molecule has 9 heteroatoms. The summed E-state index contributed by atoms with van der Waals surface area (Å²) in [7, 11) is 1.07. The van der Waals surface area contributed by atoms with Crippen molar-refractivity contribution < 1.29 is 28.2 Å². The Morgan fingerprint density at radius 2 is 2.06 bits per heavy atom. The smallest absolute Gasteiger partial charge is 0.434 e. The summed E-state index contributed by atoms with van der Waals surface area (Å²) in [5.41, 5.74) is 0.186. The molecule has 0 saturated carbocycles. The molecule has 0 saturated heterocycles. The van der Waals surface area contributed by atoms with Crippen LogP contribution in [0.3, 0.4) is 0 Å². The number of hydrogen-bond acceptors (Lipinski definition) is 4. The first-order valence-corrected chi connectivity index (χ1v) is 3.92. The zero-order chi connectivity index (χ0) is 12.7. The number of carboxylic acid groups (broad SMARTS) is 1. The minimum atomic E-state index is -5.38. The van der Waals surface area contributed by atoms with Gasteiger partial charge in [0.2, 0.25) is 0 Å². The van der Waals surface area contributed by atoms with Crippen LogP contribution in [-0.4, -0.2) is 31.9 Å². The molecule has 0 fully saturated rings. The van der Waals surface area contributed by atoms with Crippen molar-refractivity contribution in [3.05, 3.63) is 11.9 Å². The molecule has 0 aliphatic rings. The van der Waals surface area contributed by atoms with Crippen LogP contribution in [0.15, 0.2) is 6.20 Å². The molecule has 0 spiro atoms. The van der Waals surface area contributed by atoms with Crippen LogP contribution in [0.1, 0.15) is 5.69 Å². The van der Waals surface area contributed by atoms with Crippen LogP contribution >= 0.6 is 0 Å². The number of carbonyl (C=O) groups is 1. The maximum absolute atomic E-state index is 12.5. The Bertz CT molecular complexity index is 428. The first-order valence-electron chi connectivity index (χ1n) is 3.92. The predicted molar refractivity (Wildman–Crippen MR) is 45.2 cm³/mol. The zero-order valence-electron chi connectivity index (χ0n) is 7.99. The molecule has 0 aliphatic carbocycles. The molecule has 1 heterocycles. The number of imidazole rings is 1. The van der Waals surface area contributed by atoms with E-state index in [9.17, 15) is 23.1 Å². The van der Waals surface area contributed by atoms with Gasteiger partial charge in [-0.1, -0.05) is 0 Å². The summed E-state index contributed by atoms with van der Waals surface area (Å²) >= 11 is 0. The number of hydrogen-bond donors (Lipinski definition) is 3. The minimum Gasteiger partial charge on any atom is -0.479 e. The largest absolute Gasteiger partial charge is 0.479 e. The van der Waals surface area contributed by atoms with Gasteiger partial charge in [0.15, 0.2) is 5.95 Å². The maximum atomic E-state index is 12.5. The lowest BCUT2D eigenvalue weighted by Gasteiger charge is -2.26. The number of alkyl halides is 3. The summed E-state index contributed by atoms with van der Waals surface area (Å²) in [6, 6.07) is 0. The highest BCUT2D eigenvalue weighted by Crippen LogP contribution is 2.39. The number of aliphatic hydroxyl groups is 1. The maximum Gasteiger partial charge on any atom is 0.434 e. The van der Waals surface area contributed by atoms with Gasteiger partial charge in [0.1, 0.15) is 0 Å². The second-order valence-electron chi connectivity index (χ2n) is 3.07. The van der Waals surface area contributed by atoms with Crippen molar-refractivity contribution in [2.75, 3.05) is 5.73 Å². The Labute approximate surface area is 87.1 Å². The molecule has 90 valence electrons. The van der Waals surface area contributed by atoms with E-state index >= 15 is 0 Å². The Hall–Kier alpha value is -1.77. The molecular weight excluding hydrogens is 231 g/mol. The number of anilines is 1. The molecule has 1 aromatic rings. The summed E-state index contributed by atoms with van der Waals surface area (Å²) in [6.45, 7) is 0. The monoisotopic (exact) mass is 239 g/mol. The van der Waals surface area contributed by atoms with E-state index in [1.165, 1.54) is 0 Å². The Morgan fingerprint density at radius 1 is 1.56 bits per heavy atom. The number of aromatic nitrogens is 2. The number of halogens is 3. The summed E-state index contributed by atoms with van der Waals surface area (Å²) in [5.74, 6) is -2.78. The fourth-order valence-corrected chi connectivity index (χ4v) is 1.14. The Balaban J connectivity index is 3.46. The van der Waals surface area contributed by atoms with Crippen LogP contribution in [0.25, 0.3) is 0 Å². The first-order chi connectivity index (χ1) is 7.12. The molecule has 1 unspecified atom stereocenters. The van der Waals surface area contributed by atoms with E-state index in [1.807, 2.05) is 0 Å². The van der Waals surface area contributed by atoms with E-state index in [-0.39, 0.29) is 5.95 Å². The second kappa shape index (κ2) is 3.37. The summed E-state index contributed by atoms with van der Waals surface area (Å²) < 4.78 is 38.2. The third-order valence-electron chi connectivity index (χ3n) is 2.11. The van der Waals surface area contributed by atoms with Gasteiger partial charge in [-0.05, 0) is 0 Å². The van der Waals surface area contributed by atoms with Gasteiger partial charge in [-0.2, -0.15) is 13.2 Å². The quantitative estimate of drug-likeness (QED) is 0.665. The number of nitrogens with two attached hydrogens (primary N) is 1. The van der Waals surface area contributed by atoms with Gasteiger partial charge in [0, 0.05) is 7.05 Å². The van der Waals surface area contributed by atoms with E-state index in [2.05, 4.69) is 4.98 Å². The van der Waals surface area contributed by atoms with Crippen LogP contribution in [-0.2, 0) is 17.4 Å². The van der Waals surface area contributed by atoms with E-state index in [0.717, 1.165) is 7.05 Å². The fourth-order valence-electron chi connectivity index (χ4n) is 1.14. The van der Waals surface area contributed by atoms with Crippen molar-refractivity contribution in [2.45, 2.75) is 11.8 Å². The average Bonchev–Trinajstić information content (AvgIpc) is 2.44. The molecule has 0 bridgehead atoms. The molecule has 1 atom stereocenters. The van der Waals surface area contributed by atoms with E-state index < -0.39 is 23.4 Å². The summed E-state index contributed by atoms with van der Waals surface area (Å²) in [4.78, 5) is 13.9. The van der Waals surface area contributed by atoms with Crippen molar-refractivity contribution in [1.29, 1.82) is 0 Å². The van der Waals surface area contributed by atoms with Crippen LogP contribution in [0.4, 0.5) is 19.1 Å². The number of rotatable bonds is 2. The SMILES string of the molecule is Cn1c(C(O)(C(=O)O)C(F)(F)F)cnc1N. The molecule has 0 aromatic carbocycles. The van der Waals surface area contributed by atoms with Gasteiger partial charge >= 0.3 is 17.7 Å². The van der Waals surface area contributed by atoms with E-state index in [1.54, 1.807) is 0 Å². The van der Waals surface area contributed by atoms with Crippen molar-refractivity contribution in [1.82, 2.24) is 9.55 Å². The molecule has 6 nitrogen and oxygen atoms in total. The third-order valence-corrected chi connectivity index (χ3v) is 2.11. The lowest BCUT2D eigenvalue weighted by atomic mass is 10.00. The first kappa shape index (κ1) is 12.3. The fraction of sp³-hybridized carbons (Fsp3) is 0.429. The molecule has 0 amide bonds. The summed E-state index contributed by atoms with van der Waals surface area (Å²) in [6.07, 6.45) is -4.81. The molecule has 1 rings (SSSR count). The third kappa shape index (κ3) is 1.48. The van der Waals surface area contributed by atoms with Gasteiger partial charge in [-0.15, -0.1) is 0 Å². The molecule has 0 aliphatic heterocycles.